The number of amides is 1. The standard InChI is InChI=1S/C17H20F3N5OS/c1-10-6-12(8-27-10)15(26)24-4-2-11(3-5-24)13-7-14(17(18,19)20)25-16(23-13)21-9-22-25/h6,8-9,11,13-14H,2-5,7H2,1H3,(H,21,22,23)/t13-,14+/m0/s1. The van der Waals surface area contributed by atoms with Crippen LogP contribution in [-0.4, -0.2) is 50.9 Å². The fourth-order valence-corrected chi connectivity index (χ4v) is 4.65. The molecule has 4 rings (SSSR count). The fourth-order valence-electron chi connectivity index (χ4n) is 3.97. The number of halogens is 3. The third kappa shape index (κ3) is 3.54. The van der Waals surface area contributed by atoms with Gasteiger partial charge in [0.25, 0.3) is 5.91 Å². The zero-order valence-corrected chi connectivity index (χ0v) is 15.6. The SMILES string of the molecule is Cc1cc(C(=O)N2CCC([C@@H]3C[C@H](C(F)(F)F)n4ncnc4N3)CC2)cs1. The van der Waals surface area contributed by atoms with Gasteiger partial charge < -0.3 is 10.2 Å². The maximum Gasteiger partial charge on any atom is 0.411 e. The molecule has 4 heterocycles. The largest absolute Gasteiger partial charge is 0.411 e. The highest BCUT2D eigenvalue weighted by molar-refractivity contribution is 7.10. The Morgan fingerprint density at radius 3 is 2.70 bits per heavy atom. The quantitative estimate of drug-likeness (QED) is 0.840. The molecule has 2 aliphatic rings. The van der Waals surface area contributed by atoms with Crippen LogP contribution in [-0.2, 0) is 0 Å². The Hall–Kier alpha value is -2.10. The summed E-state index contributed by atoms with van der Waals surface area (Å²) in [4.78, 5) is 19.4. The van der Waals surface area contributed by atoms with E-state index in [-0.39, 0.29) is 30.2 Å². The Morgan fingerprint density at radius 1 is 1.33 bits per heavy atom. The number of thiophene rings is 1. The van der Waals surface area contributed by atoms with Crippen molar-refractivity contribution in [2.75, 3.05) is 18.4 Å². The second-order valence-electron chi connectivity index (χ2n) is 7.15. The minimum absolute atomic E-state index is 0.00214. The van der Waals surface area contributed by atoms with E-state index in [1.807, 2.05) is 18.4 Å². The number of alkyl halides is 3. The lowest BCUT2D eigenvalue weighted by Crippen LogP contribution is -2.47. The van der Waals surface area contributed by atoms with Crippen LogP contribution in [0.2, 0.25) is 0 Å². The zero-order valence-electron chi connectivity index (χ0n) is 14.7. The van der Waals surface area contributed by atoms with Crippen molar-refractivity contribution >= 4 is 23.2 Å². The van der Waals surface area contributed by atoms with Gasteiger partial charge in [0.15, 0.2) is 6.04 Å². The molecular formula is C17H20F3N5OS. The molecule has 2 aliphatic heterocycles. The summed E-state index contributed by atoms with van der Waals surface area (Å²) in [6.45, 7) is 3.07. The van der Waals surface area contributed by atoms with Crippen molar-refractivity contribution in [2.45, 2.75) is 44.4 Å². The maximum absolute atomic E-state index is 13.4. The predicted molar refractivity (Wildman–Crippen MR) is 94.8 cm³/mol. The molecule has 6 nitrogen and oxygen atoms in total. The smallest absolute Gasteiger partial charge is 0.351 e. The molecule has 0 saturated carbocycles. The van der Waals surface area contributed by atoms with Crippen molar-refractivity contribution in [3.8, 4) is 0 Å². The summed E-state index contributed by atoms with van der Waals surface area (Å²) in [5, 5.41) is 8.70. The number of anilines is 1. The minimum atomic E-state index is -4.36. The van der Waals surface area contributed by atoms with Crippen LogP contribution in [0.25, 0.3) is 0 Å². The molecule has 0 radical (unpaired) electrons. The Balaban J connectivity index is 1.42. The summed E-state index contributed by atoms with van der Waals surface area (Å²) < 4.78 is 41.2. The van der Waals surface area contributed by atoms with Crippen molar-refractivity contribution in [1.29, 1.82) is 0 Å². The average Bonchev–Trinajstić information content (AvgIpc) is 3.28. The third-order valence-electron chi connectivity index (χ3n) is 5.41. The summed E-state index contributed by atoms with van der Waals surface area (Å²) in [6.07, 6.45) is -1.94. The average molecular weight is 399 g/mol. The van der Waals surface area contributed by atoms with Crippen LogP contribution in [0.1, 0.15) is 40.5 Å². The number of hydrogen-bond donors (Lipinski definition) is 1. The molecule has 0 aromatic carbocycles. The molecule has 0 spiro atoms. The van der Waals surface area contributed by atoms with Crippen LogP contribution in [0.4, 0.5) is 19.1 Å². The second kappa shape index (κ2) is 6.81. The van der Waals surface area contributed by atoms with Crippen molar-refractivity contribution < 1.29 is 18.0 Å². The van der Waals surface area contributed by atoms with Gasteiger partial charge in [0.1, 0.15) is 6.33 Å². The molecule has 2 atom stereocenters. The van der Waals surface area contributed by atoms with E-state index in [0.717, 1.165) is 15.9 Å². The first-order valence-electron chi connectivity index (χ1n) is 8.90. The number of rotatable bonds is 2. The number of fused-ring (bicyclic) bond motifs is 1. The first kappa shape index (κ1) is 18.3. The lowest BCUT2D eigenvalue weighted by Gasteiger charge is -2.40. The second-order valence-corrected chi connectivity index (χ2v) is 8.26. The van der Waals surface area contributed by atoms with E-state index < -0.39 is 12.2 Å². The molecule has 2 aromatic heterocycles. The zero-order chi connectivity index (χ0) is 19.2. The highest BCUT2D eigenvalue weighted by Gasteiger charge is 2.48. The summed E-state index contributed by atoms with van der Waals surface area (Å²) in [6, 6.07) is -0.105. The van der Waals surface area contributed by atoms with Gasteiger partial charge in [0.2, 0.25) is 5.95 Å². The maximum atomic E-state index is 13.4. The topological polar surface area (TPSA) is 63.1 Å². The molecule has 1 N–H and O–H groups in total. The van der Waals surface area contributed by atoms with E-state index in [2.05, 4.69) is 15.4 Å². The third-order valence-corrected chi connectivity index (χ3v) is 6.27. The van der Waals surface area contributed by atoms with Gasteiger partial charge in [0.05, 0.1) is 5.56 Å². The highest BCUT2D eigenvalue weighted by atomic mass is 32.1. The van der Waals surface area contributed by atoms with Gasteiger partial charge in [-0.25, -0.2) is 4.68 Å². The molecule has 0 aliphatic carbocycles. The van der Waals surface area contributed by atoms with E-state index in [1.54, 1.807) is 4.90 Å². The van der Waals surface area contributed by atoms with Gasteiger partial charge in [-0.1, -0.05) is 0 Å². The van der Waals surface area contributed by atoms with Crippen LogP contribution in [0.15, 0.2) is 17.8 Å². The molecule has 2 aromatic rings. The Kier molecular flexibility index (Phi) is 4.61. The molecule has 1 amide bonds. The van der Waals surface area contributed by atoms with Gasteiger partial charge in [-0.3, -0.25) is 4.79 Å². The van der Waals surface area contributed by atoms with E-state index >= 15 is 0 Å². The Bertz CT molecular complexity index is 825. The lowest BCUT2D eigenvalue weighted by atomic mass is 9.85. The van der Waals surface area contributed by atoms with Gasteiger partial charge >= 0.3 is 6.18 Å². The normalized spacial score (nSPS) is 23.8. The van der Waals surface area contributed by atoms with Crippen LogP contribution in [0, 0.1) is 12.8 Å². The highest BCUT2D eigenvalue weighted by Crippen LogP contribution is 2.41. The van der Waals surface area contributed by atoms with Crippen LogP contribution in [0.5, 0.6) is 0 Å². The van der Waals surface area contributed by atoms with Gasteiger partial charge in [0, 0.05) is 29.4 Å². The molecule has 1 fully saturated rings. The molecule has 146 valence electrons. The molecule has 27 heavy (non-hydrogen) atoms. The summed E-state index contributed by atoms with van der Waals surface area (Å²) >= 11 is 1.54. The minimum Gasteiger partial charge on any atom is -0.351 e. The first-order valence-corrected chi connectivity index (χ1v) is 9.78. The monoisotopic (exact) mass is 399 g/mol. The van der Waals surface area contributed by atoms with Crippen molar-refractivity contribution in [3.63, 3.8) is 0 Å². The van der Waals surface area contributed by atoms with Gasteiger partial charge in [-0.2, -0.15) is 23.3 Å². The van der Waals surface area contributed by atoms with E-state index in [1.165, 1.54) is 11.3 Å². The number of nitrogens with one attached hydrogen (secondary N) is 1. The van der Waals surface area contributed by atoms with Crippen LogP contribution in [0.3, 0.4) is 0 Å². The molecule has 1 saturated heterocycles. The van der Waals surface area contributed by atoms with Gasteiger partial charge in [-0.15, -0.1) is 11.3 Å². The van der Waals surface area contributed by atoms with E-state index in [4.69, 9.17) is 0 Å². The molecular weight excluding hydrogens is 379 g/mol. The Labute approximate surface area is 158 Å². The molecule has 10 heteroatoms. The molecule has 0 bridgehead atoms. The number of hydrogen-bond acceptors (Lipinski definition) is 5. The van der Waals surface area contributed by atoms with Crippen molar-refractivity contribution in [2.24, 2.45) is 5.92 Å². The number of carbonyl (C=O) groups is 1. The van der Waals surface area contributed by atoms with Gasteiger partial charge in [-0.05, 0) is 38.2 Å². The van der Waals surface area contributed by atoms with E-state index in [0.29, 0.717) is 31.5 Å². The summed E-state index contributed by atoms with van der Waals surface area (Å²) in [5.74, 6) is 0.233. The van der Waals surface area contributed by atoms with Crippen LogP contribution < -0.4 is 5.32 Å². The van der Waals surface area contributed by atoms with Crippen molar-refractivity contribution in [1.82, 2.24) is 19.7 Å². The summed E-state index contributed by atoms with van der Waals surface area (Å²) in [5.41, 5.74) is 0.692. The number of aromatic nitrogens is 3. The summed E-state index contributed by atoms with van der Waals surface area (Å²) in [7, 11) is 0. The van der Waals surface area contributed by atoms with Crippen LogP contribution >= 0.6 is 11.3 Å². The fraction of sp³-hybridized carbons (Fsp3) is 0.588. The number of carbonyl (C=O) groups excluding carboxylic acids is 1. The predicted octanol–water partition coefficient (Wildman–Crippen LogP) is 3.49. The first-order chi connectivity index (χ1) is 12.8. The number of aryl methyl sites for hydroxylation is 1. The number of piperidine rings is 1. The number of likely N-dealkylation sites (tertiary alicyclic amines) is 1. The van der Waals surface area contributed by atoms with E-state index in [9.17, 15) is 18.0 Å². The Morgan fingerprint density at radius 2 is 2.07 bits per heavy atom. The lowest BCUT2D eigenvalue weighted by molar-refractivity contribution is -0.174. The number of nitrogens with zero attached hydrogens (tertiary/aromatic N) is 4. The molecule has 0 unspecified atom stereocenters. The van der Waals surface area contributed by atoms with Crippen molar-refractivity contribution in [3.05, 3.63) is 28.2 Å².